The zero-order valence-electron chi connectivity index (χ0n) is 13.8. The average Bonchev–Trinajstić information content (AvgIpc) is 3.05. The predicted molar refractivity (Wildman–Crippen MR) is 99.8 cm³/mol. The summed E-state index contributed by atoms with van der Waals surface area (Å²) in [5.74, 6) is -0.650. The van der Waals surface area contributed by atoms with Gasteiger partial charge in [0.15, 0.2) is 0 Å². The number of hydrogen-bond acceptors (Lipinski definition) is 2. The van der Waals surface area contributed by atoms with Crippen molar-refractivity contribution in [2.24, 2.45) is 0 Å². The van der Waals surface area contributed by atoms with Gasteiger partial charge in [0.1, 0.15) is 5.75 Å². The number of carboxylic acids is 1. The van der Waals surface area contributed by atoms with Gasteiger partial charge in [0.05, 0.1) is 0 Å². The number of fused-ring (bicyclic) bond motifs is 1. The molecule has 0 saturated carbocycles. The molecule has 24 heavy (non-hydrogen) atoms. The summed E-state index contributed by atoms with van der Waals surface area (Å²) < 4.78 is 0. The minimum absolute atomic E-state index is 0.176. The van der Waals surface area contributed by atoms with Gasteiger partial charge >= 0.3 is 5.97 Å². The predicted octanol–water partition coefficient (Wildman–Crippen LogP) is 4.94. The number of benzene rings is 2. The number of carboxylic acid groups (broad SMARTS) is 1. The van der Waals surface area contributed by atoms with Crippen molar-refractivity contribution in [1.29, 1.82) is 0 Å². The topological polar surface area (TPSA) is 57.5 Å². The third-order valence-electron chi connectivity index (χ3n) is 3.21. The zero-order chi connectivity index (χ0) is 17.9. The van der Waals surface area contributed by atoms with Gasteiger partial charge in [-0.25, -0.2) is 4.79 Å². The van der Waals surface area contributed by atoms with Crippen LogP contribution in [0.3, 0.4) is 0 Å². The molecule has 0 saturated heterocycles. The molecule has 3 rings (SSSR count). The van der Waals surface area contributed by atoms with Crippen LogP contribution in [0.15, 0.2) is 73.3 Å². The van der Waals surface area contributed by atoms with Crippen molar-refractivity contribution in [3.63, 3.8) is 0 Å². The Hall–Kier alpha value is -3.07. The highest BCUT2D eigenvalue weighted by molar-refractivity contribution is 5.84. The standard InChI is InChI=1S/C9H8.C8H8O.C4H6O2/c1-2-5-9-7-3-6-8(9)4-1;1-2-7-5-3-4-6-8(7)9;1-3(2)4(5)6/h1-6H,7H2;2-6,9H,1H2;1H2,2H3,(H,5,6). The Balaban J connectivity index is 0.000000185. The number of phenolic OH excluding ortho intramolecular Hbond substituents is 1. The van der Waals surface area contributed by atoms with Crippen molar-refractivity contribution in [2.45, 2.75) is 13.3 Å². The summed E-state index contributed by atoms with van der Waals surface area (Å²) in [5.41, 5.74) is 3.79. The van der Waals surface area contributed by atoms with Gasteiger partial charge in [-0.15, -0.1) is 0 Å². The van der Waals surface area contributed by atoms with Crippen LogP contribution < -0.4 is 0 Å². The molecule has 1 aliphatic carbocycles. The minimum Gasteiger partial charge on any atom is -0.507 e. The molecule has 1 aliphatic rings. The first-order valence-corrected chi connectivity index (χ1v) is 7.49. The fraction of sp³-hybridized carbons (Fsp3) is 0.0952. The molecule has 0 bridgehead atoms. The van der Waals surface area contributed by atoms with E-state index in [1.165, 1.54) is 18.1 Å². The van der Waals surface area contributed by atoms with Crippen LogP contribution in [0.25, 0.3) is 12.2 Å². The highest BCUT2D eigenvalue weighted by atomic mass is 16.4. The Morgan fingerprint density at radius 3 is 2.21 bits per heavy atom. The molecule has 2 aromatic rings. The first kappa shape index (κ1) is 19.0. The summed E-state index contributed by atoms with van der Waals surface area (Å²) >= 11 is 0. The quantitative estimate of drug-likeness (QED) is 0.770. The lowest BCUT2D eigenvalue weighted by Gasteiger charge is -1.93. The summed E-state index contributed by atoms with van der Waals surface area (Å²) in [5, 5.41) is 16.9. The fourth-order valence-electron chi connectivity index (χ4n) is 1.86. The van der Waals surface area contributed by atoms with Gasteiger partial charge in [-0.1, -0.05) is 73.9 Å². The van der Waals surface area contributed by atoms with E-state index in [0.717, 1.165) is 12.0 Å². The fourth-order valence-corrected chi connectivity index (χ4v) is 1.86. The Bertz CT molecular complexity index is 724. The highest BCUT2D eigenvalue weighted by Crippen LogP contribution is 2.17. The monoisotopic (exact) mass is 322 g/mol. The smallest absolute Gasteiger partial charge is 0.330 e. The number of rotatable bonds is 2. The third-order valence-corrected chi connectivity index (χ3v) is 3.21. The van der Waals surface area contributed by atoms with Crippen LogP contribution in [0.5, 0.6) is 5.75 Å². The number of para-hydroxylation sites is 1. The second-order valence-electron chi connectivity index (χ2n) is 5.15. The van der Waals surface area contributed by atoms with E-state index in [1.54, 1.807) is 18.2 Å². The van der Waals surface area contributed by atoms with Crippen molar-refractivity contribution < 1.29 is 15.0 Å². The molecule has 0 spiro atoms. The maximum absolute atomic E-state index is 9.60. The molecule has 0 amide bonds. The Morgan fingerprint density at radius 2 is 1.71 bits per heavy atom. The Kier molecular flexibility index (Phi) is 7.79. The summed E-state index contributed by atoms with van der Waals surface area (Å²) in [6.45, 7) is 8.13. The Labute approximate surface area is 142 Å². The van der Waals surface area contributed by atoms with Crippen molar-refractivity contribution in [3.05, 3.63) is 90.0 Å². The molecule has 0 atom stereocenters. The van der Waals surface area contributed by atoms with Gasteiger partial charge in [-0.2, -0.15) is 0 Å². The molecular weight excluding hydrogens is 300 g/mol. The van der Waals surface area contributed by atoms with Crippen molar-refractivity contribution in [1.82, 2.24) is 0 Å². The van der Waals surface area contributed by atoms with E-state index in [0.29, 0.717) is 0 Å². The first-order valence-electron chi connectivity index (χ1n) is 7.49. The van der Waals surface area contributed by atoms with Crippen LogP contribution in [-0.4, -0.2) is 16.2 Å². The van der Waals surface area contributed by atoms with Crippen molar-refractivity contribution >= 4 is 18.1 Å². The minimum atomic E-state index is -0.935. The van der Waals surface area contributed by atoms with Gasteiger partial charge in [0, 0.05) is 11.1 Å². The lowest BCUT2D eigenvalue weighted by molar-refractivity contribution is -0.132. The molecule has 0 unspecified atom stereocenters. The number of aliphatic carboxylic acids is 1. The second-order valence-corrected chi connectivity index (χ2v) is 5.15. The number of phenols is 1. The first-order chi connectivity index (χ1) is 11.5. The molecule has 2 N–H and O–H groups in total. The molecular formula is C21H22O3. The Morgan fingerprint density at radius 1 is 1.12 bits per heavy atom. The molecule has 0 radical (unpaired) electrons. The summed E-state index contributed by atoms with van der Waals surface area (Å²) in [6, 6.07) is 15.6. The number of aromatic hydroxyl groups is 1. The molecule has 0 aromatic heterocycles. The van der Waals surface area contributed by atoms with Crippen LogP contribution >= 0.6 is 0 Å². The van der Waals surface area contributed by atoms with Crippen LogP contribution in [0.4, 0.5) is 0 Å². The molecule has 0 heterocycles. The molecule has 3 nitrogen and oxygen atoms in total. The average molecular weight is 322 g/mol. The molecule has 0 aliphatic heterocycles. The van der Waals surface area contributed by atoms with Gasteiger partial charge in [0.25, 0.3) is 0 Å². The maximum atomic E-state index is 9.60. The van der Waals surface area contributed by atoms with E-state index < -0.39 is 5.97 Å². The maximum Gasteiger partial charge on any atom is 0.330 e. The van der Waals surface area contributed by atoms with Crippen LogP contribution in [0.1, 0.15) is 23.6 Å². The van der Waals surface area contributed by atoms with Crippen LogP contribution in [0, 0.1) is 0 Å². The highest BCUT2D eigenvalue weighted by Gasteiger charge is 2.00. The largest absolute Gasteiger partial charge is 0.507 e. The van der Waals surface area contributed by atoms with E-state index in [4.69, 9.17) is 10.2 Å². The number of allylic oxidation sites excluding steroid dienone is 1. The van der Waals surface area contributed by atoms with E-state index in [1.807, 2.05) is 12.1 Å². The van der Waals surface area contributed by atoms with Crippen LogP contribution in [-0.2, 0) is 11.2 Å². The van der Waals surface area contributed by atoms with Gasteiger partial charge in [-0.05, 0) is 30.5 Å². The normalized spacial score (nSPS) is 10.4. The van der Waals surface area contributed by atoms with E-state index in [9.17, 15) is 4.79 Å². The number of carbonyl (C=O) groups is 1. The second kappa shape index (κ2) is 9.85. The van der Waals surface area contributed by atoms with E-state index >= 15 is 0 Å². The number of hydrogen-bond donors (Lipinski definition) is 2. The summed E-state index contributed by atoms with van der Waals surface area (Å²) in [4.78, 5) is 9.60. The molecule has 124 valence electrons. The summed E-state index contributed by atoms with van der Waals surface area (Å²) in [6.07, 6.45) is 7.12. The summed E-state index contributed by atoms with van der Waals surface area (Å²) in [7, 11) is 0. The molecule has 2 aromatic carbocycles. The van der Waals surface area contributed by atoms with Crippen molar-refractivity contribution in [2.75, 3.05) is 0 Å². The molecule has 0 fully saturated rings. The molecule has 3 heteroatoms. The lowest BCUT2D eigenvalue weighted by Crippen LogP contribution is -1.92. The van der Waals surface area contributed by atoms with E-state index in [-0.39, 0.29) is 11.3 Å². The van der Waals surface area contributed by atoms with Gasteiger partial charge in [0.2, 0.25) is 0 Å². The van der Waals surface area contributed by atoms with Gasteiger partial charge in [-0.3, -0.25) is 0 Å². The third kappa shape index (κ3) is 6.36. The van der Waals surface area contributed by atoms with Crippen LogP contribution in [0.2, 0.25) is 0 Å². The van der Waals surface area contributed by atoms with Gasteiger partial charge < -0.3 is 10.2 Å². The van der Waals surface area contributed by atoms with E-state index in [2.05, 4.69) is 49.6 Å². The SMILES string of the molecule is C1=Cc2ccccc2C1.C=C(C)C(=O)O.C=Cc1ccccc1O. The van der Waals surface area contributed by atoms with Crippen molar-refractivity contribution in [3.8, 4) is 5.75 Å². The lowest BCUT2D eigenvalue weighted by atomic mass is 10.1. The zero-order valence-corrected chi connectivity index (χ0v) is 13.8.